The first-order valence-corrected chi connectivity index (χ1v) is 8.01. The van der Waals surface area contributed by atoms with Crippen molar-refractivity contribution >= 4 is 45.9 Å². The van der Waals surface area contributed by atoms with Crippen LogP contribution in [0.4, 0.5) is 0 Å². The SMILES string of the molecule is CN=C(NCCOc1ccc(Br)cc1)NCC1CCCO1.I. The van der Waals surface area contributed by atoms with Gasteiger partial charge in [-0.2, -0.15) is 0 Å². The summed E-state index contributed by atoms with van der Waals surface area (Å²) in [6, 6.07) is 7.80. The second-order valence-electron chi connectivity index (χ2n) is 4.82. The van der Waals surface area contributed by atoms with Crippen LogP contribution >= 0.6 is 39.9 Å². The summed E-state index contributed by atoms with van der Waals surface area (Å²) in [5.41, 5.74) is 0. The van der Waals surface area contributed by atoms with Crippen molar-refractivity contribution in [3.05, 3.63) is 28.7 Å². The molecule has 1 aliphatic heterocycles. The summed E-state index contributed by atoms with van der Waals surface area (Å²) in [6.07, 6.45) is 2.58. The number of aliphatic imine (C=N–C) groups is 1. The summed E-state index contributed by atoms with van der Waals surface area (Å²) < 4.78 is 12.3. The molecule has 1 atom stereocenters. The summed E-state index contributed by atoms with van der Waals surface area (Å²) in [5, 5.41) is 6.49. The van der Waals surface area contributed by atoms with Gasteiger partial charge in [0.15, 0.2) is 5.96 Å². The average Bonchev–Trinajstić information content (AvgIpc) is 3.02. The molecule has 1 unspecified atom stereocenters. The number of benzene rings is 1. The average molecular weight is 484 g/mol. The van der Waals surface area contributed by atoms with E-state index >= 15 is 0 Å². The first-order valence-electron chi connectivity index (χ1n) is 7.22. The summed E-state index contributed by atoms with van der Waals surface area (Å²) >= 11 is 3.40. The van der Waals surface area contributed by atoms with E-state index in [4.69, 9.17) is 9.47 Å². The standard InChI is InChI=1S/C15H22BrN3O2.HI/c1-17-15(19-11-14-3-2-9-20-14)18-8-10-21-13-6-4-12(16)5-7-13;/h4-7,14H,2-3,8-11H2,1H3,(H2,17,18,19);1H. The molecule has 5 nitrogen and oxygen atoms in total. The van der Waals surface area contributed by atoms with Crippen molar-refractivity contribution in [2.75, 3.05) is 33.4 Å². The van der Waals surface area contributed by atoms with Crippen molar-refractivity contribution in [1.29, 1.82) is 0 Å². The molecule has 0 bridgehead atoms. The van der Waals surface area contributed by atoms with E-state index < -0.39 is 0 Å². The van der Waals surface area contributed by atoms with Crippen LogP contribution in [0.1, 0.15) is 12.8 Å². The topological polar surface area (TPSA) is 54.9 Å². The van der Waals surface area contributed by atoms with Crippen molar-refractivity contribution in [2.45, 2.75) is 18.9 Å². The molecule has 2 rings (SSSR count). The summed E-state index contributed by atoms with van der Waals surface area (Å²) in [4.78, 5) is 4.18. The third-order valence-corrected chi connectivity index (χ3v) is 3.75. The van der Waals surface area contributed by atoms with Gasteiger partial charge in [-0.15, -0.1) is 24.0 Å². The fourth-order valence-electron chi connectivity index (χ4n) is 2.11. The third kappa shape index (κ3) is 7.15. The van der Waals surface area contributed by atoms with Gasteiger partial charge >= 0.3 is 0 Å². The van der Waals surface area contributed by atoms with Crippen LogP contribution in [-0.4, -0.2) is 45.4 Å². The Balaban J connectivity index is 0.00000242. The molecule has 7 heteroatoms. The fourth-order valence-corrected chi connectivity index (χ4v) is 2.37. The summed E-state index contributed by atoms with van der Waals surface area (Å²) in [5.74, 6) is 1.65. The highest BCUT2D eigenvalue weighted by molar-refractivity contribution is 14.0. The highest BCUT2D eigenvalue weighted by Crippen LogP contribution is 2.15. The predicted molar refractivity (Wildman–Crippen MR) is 103 cm³/mol. The lowest BCUT2D eigenvalue weighted by molar-refractivity contribution is 0.114. The minimum absolute atomic E-state index is 0. The maximum atomic E-state index is 5.64. The number of hydrogen-bond donors (Lipinski definition) is 2. The van der Waals surface area contributed by atoms with Gasteiger partial charge in [-0.1, -0.05) is 15.9 Å². The normalized spacial score (nSPS) is 17.7. The lowest BCUT2D eigenvalue weighted by atomic mass is 10.2. The first kappa shape index (κ1) is 19.5. The smallest absolute Gasteiger partial charge is 0.191 e. The fraction of sp³-hybridized carbons (Fsp3) is 0.533. The lowest BCUT2D eigenvalue weighted by Gasteiger charge is -2.15. The zero-order chi connectivity index (χ0) is 14.9. The van der Waals surface area contributed by atoms with Crippen LogP contribution in [0.5, 0.6) is 5.75 Å². The van der Waals surface area contributed by atoms with E-state index in [2.05, 4.69) is 31.6 Å². The number of guanidine groups is 1. The van der Waals surface area contributed by atoms with E-state index in [1.54, 1.807) is 7.05 Å². The van der Waals surface area contributed by atoms with Gasteiger partial charge in [-0.05, 0) is 37.1 Å². The number of nitrogens with zero attached hydrogens (tertiary/aromatic N) is 1. The second-order valence-corrected chi connectivity index (χ2v) is 5.73. The second kappa shape index (κ2) is 11.1. The van der Waals surface area contributed by atoms with Crippen molar-refractivity contribution in [1.82, 2.24) is 10.6 Å². The summed E-state index contributed by atoms with van der Waals surface area (Å²) in [7, 11) is 1.76. The molecular weight excluding hydrogens is 461 g/mol. The van der Waals surface area contributed by atoms with Crippen LogP contribution in [0.3, 0.4) is 0 Å². The van der Waals surface area contributed by atoms with Gasteiger partial charge in [-0.25, -0.2) is 0 Å². The van der Waals surface area contributed by atoms with E-state index in [9.17, 15) is 0 Å². The van der Waals surface area contributed by atoms with Gasteiger partial charge in [-0.3, -0.25) is 4.99 Å². The number of hydrogen-bond acceptors (Lipinski definition) is 3. The van der Waals surface area contributed by atoms with E-state index in [-0.39, 0.29) is 24.0 Å². The van der Waals surface area contributed by atoms with Gasteiger partial charge in [0, 0.05) is 24.7 Å². The maximum absolute atomic E-state index is 5.64. The molecule has 0 radical (unpaired) electrons. The van der Waals surface area contributed by atoms with Gasteiger partial charge < -0.3 is 20.1 Å². The van der Waals surface area contributed by atoms with Crippen LogP contribution in [0.15, 0.2) is 33.7 Å². The largest absolute Gasteiger partial charge is 0.492 e. The van der Waals surface area contributed by atoms with Crippen molar-refractivity contribution in [3.8, 4) is 5.75 Å². The molecule has 1 aromatic carbocycles. The van der Waals surface area contributed by atoms with E-state index in [0.717, 1.165) is 42.2 Å². The monoisotopic (exact) mass is 483 g/mol. The van der Waals surface area contributed by atoms with Crippen molar-refractivity contribution in [2.24, 2.45) is 4.99 Å². The molecule has 124 valence electrons. The van der Waals surface area contributed by atoms with Gasteiger partial charge in [0.2, 0.25) is 0 Å². The lowest BCUT2D eigenvalue weighted by Crippen LogP contribution is -2.42. The van der Waals surface area contributed by atoms with Gasteiger partial charge in [0.1, 0.15) is 12.4 Å². The molecule has 1 aliphatic rings. The summed E-state index contributed by atoms with van der Waals surface area (Å²) in [6.45, 7) is 2.95. The molecule has 0 aromatic heterocycles. The Morgan fingerprint density at radius 1 is 1.36 bits per heavy atom. The Kier molecular flexibility index (Phi) is 9.81. The van der Waals surface area contributed by atoms with E-state index in [1.807, 2.05) is 24.3 Å². The zero-order valence-electron chi connectivity index (χ0n) is 12.7. The van der Waals surface area contributed by atoms with Crippen LogP contribution in [0.25, 0.3) is 0 Å². The minimum atomic E-state index is 0. The van der Waals surface area contributed by atoms with Crippen LogP contribution in [0, 0.1) is 0 Å². The zero-order valence-corrected chi connectivity index (χ0v) is 16.6. The van der Waals surface area contributed by atoms with Crippen LogP contribution in [0.2, 0.25) is 0 Å². The van der Waals surface area contributed by atoms with Gasteiger partial charge in [0.05, 0.1) is 12.6 Å². The molecule has 0 spiro atoms. The van der Waals surface area contributed by atoms with Crippen LogP contribution < -0.4 is 15.4 Å². The maximum Gasteiger partial charge on any atom is 0.191 e. The Morgan fingerprint density at radius 3 is 2.77 bits per heavy atom. The number of nitrogens with one attached hydrogen (secondary N) is 2. The Bertz CT molecular complexity index is 451. The predicted octanol–water partition coefficient (Wildman–Crippen LogP) is 2.79. The number of ether oxygens (including phenoxy) is 2. The molecule has 0 amide bonds. The van der Waals surface area contributed by atoms with Crippen molar-refractivity contribution < 1.29 is 9.47 Å². The van der Waals surface area contributed by atoms with Crippen molar-refractivity contribution in [3.63, 3.8) is 0 Å². The molecule has 1 aromatic rings. The quantitative estimate of drug-likeness (QED) is 0.283. The molecule has 1 saturated heterocycles. The van der Waals surface area contributed by atoms with Gasteiger partial charge in [0.25, 0.3) is 0 Å². The molecule has 1 heterocycles. The third-order valence-electron chi connectivity index (χ3n) is 3.22. The molecule has 0 saturated carbocycles. The highest BCUT2D eigenvalue weighted by atomic mass is 127. The minimum Gasteiger partial charge on any atom is -0.492 e. The Hall–Kier alpha value is -0.540. The van der Waals surface area contributed by atoms with E-state index in [1.165, 1.54) is 0 Å². The Labute approximate surface area is 157 Å². The molecular formula is C15H23BrIN3O2. The molecule has 2 N–H and O–H groups in total. The first-order chi connectivity index (χ1) is 10.3. The number of halogens is 2. The molecule has 22 heavy (non-hydrogen) atoms. The van der Waals surface area contributed by atoms with Crippen LogP contribution in [-0.2, 0) is 4.74 Å². The molecule has 1 fully saturated rings. The van der Waals surface area contributed by atoms with E-state index in [0.29, 0.717) is 19.3 Å². The Morgan fingerprint density at radius 2 is 2.14 bits per heavy atom. The number of rotatable bonds is 6. The highest BCUT2D eigenvalue weighted by Gasteiger charge is 2.15. The molecule has 0 aliphatic carbocycles.